The Morgan fingerprint density at radius 3 is 2.28 bits per heavy atom. The lowest BCUT2D eigenvalue weighted by atomic mass is 10.0. The molecule has 46 heavy (non-hydrogen) atoms. The molecule has 12 nitrogen and oxygen atoms in total. The topological polar surface area (TPSA) is 153 Å². The summed E-state index contributed by atoms with van der Waals surface area (Å²) >= 11 is 5.68. The predicted molar refractivity (Wildman–Crippen MR) is 167 cm³/mol. The van der Waals surface area contributed by atoms with Gasteiger partial charge in [-0.2, -0.15) is 28.1 Å². The van der Waals surface area contributed by atoms with Crippen molar-refractivity contribution in [2.24, 2.45) is 0 Å². The van der Waals surface area contributed by atoms with E-state index in [1.165, 1.54) is 32.2 Å². The number of carbonyl (C=O) groups is 2. The third kappa shape index (κ3) is 11.7. The number of ether oxygens (including phenoxy) is 2. The number of benzene rings is 2. The van der Waals surface area contributed by atoms with Gasteiger partial charge in [-0.3, -0.25) is 15.0 Å². The maximum absolute atomic E-state index is 12.5. The predicted octanol–water partition coefficient (Wildman–Crippen LogP) is 5.32. The number of hydrogen-bond acceptors (Lipinski definition) is 9. The van der Waals surface area contributed by atoms with Gasteiger partial charge < -0.3 is 9.47 Å². The van der Waals surface area contributed by atoms with Crippen LogP contribution in [0, 0.1) is 13.8 Å². The molecule has 1 aromatic heterocycles. The standard InChI is InChI=1S/C15H16F3N5O4S.C14H20ClNO2/c1-9-19-12(22-14(20-9)27-2)21-13(24)23-28(25,26)11-6-4-3-5-10(11)7-8-15(16,17)18;1-4-12-8-6-7-11(3)14(12)16(10-18-5-2)13(17)9-15/h3-6H,7-8H2,1-2H3,(H2,19,20,21,22,23,24);6-8H,4-5,9-10H2,1-3H3. The van der Waals surface area contributed by atoms with Crippen molar-refractivity contribution in [3.8, 4) is 6.01 Å². The van der Waals surface area contributed by atoms with Gasteiger partial charge in [0.15, 0.2) is 0 Å². The summed E-state index contributed by atoms with van der Waals surface area (Å²) in [4.78, 5) is 36.5. The van der Waals surface area contributed by atoms with Crippen LogP contribution in [0.25, 0.3) is 0 Å². The number of methoxy groups -OCH3 is 1. The van der Waals surface area contributed by atoms with Gasteiger partial charge >= 0.3 is 18.2 Å². The highest BCUT2D eigenvalue weighted by molar-refractivity contribution is 7.90. The van der Waals surface area contributed by atoms with E-state index < -0.39 is 40.0 Å². The summed E-state index contributed by atoms with van der Waals surface area (Å²) in [5.41, 5.74) is 3.05. The van der Waals surface area contributed by atoms with Crippen LogP contribution >= 0.6 is 11.6 Å². The van der Waals surface area contributed by atoms with Crippen LogP contribution in [0.4, 0.5) is 29.6 Å². The minimum absolute atomic E-state index is 0.0371. The lowest BCUT2D eigenvalue weighted by Crippen LogP contribution is -2.35. The Kier molecular flexibility index (Phi) is 14.6. The second-order valence-electron chi connectivity index (χ2n) is 9.49. The molecule has 0 radical (unpaired) electrons. The number of nitrogens with one attached hydrogen (secondary N) is 2. The maximum Gasteiger partial charge on any atom is 0.389 e. The number of sulfonamides is 1. The fourth-order valence-corrected chi connectivity index (χ4v) is 5.39. The number of hydrogen-bond donors (Lipinski definition) is 2. The highest BCUT2D eigenvalue weighted by Gasteiger charge is 2.29. The van der Waals surface area contributed by atoms with Crippen LogP contribution in [-0.2, 0) is 32.4 Å². The maximum atomic E-state index is 12.5. The summed E-state index contributed by atoms with van der Waals surface area (Å²) < 4.78 is 74.2. The van der Waals surface area contributed by atoms with Crippen molar-refractivity contribution in [1.29, 1.82) is 0 Å². The number of carbonyl (C=O) groups excluding carboxylic acids is 2. The van der Waals surface area contributed by atoms with Crippen LogP contribution in [0.2, 0.25) is 0 Å². The van der Waals surface area contributed by atoms with Gasteiger partial charge in [-0.1, -0.05) is 43.3 Å². The van der Waals surface area contributed by atoms with E-state index in [2.05, 4.69) is 27.2 Å². The molecule has 2 aromatic carbocycles. The van der Waals surface area contributed by atoms with Crippen LogP contribution in [0.1, 0.15) is 42.8 Å². The number of para-hydroxylation sites is 1. The smallest absolute Gasteiger partial charge is 0.389 e. The van der Waals surface area contributed by atoms with E-state index in [1.807, 2.05) is 32.0 Å². The van der Waals surface area contributed by atoms with Crippen molar-refractivity contribution in [1.82, 2.24) is 19.7 Å². The van der Waals surface area contributed by atoms with E-state index in [0.717, 1.165) is 29.3 Å². The molecule has 0 atom stereocenters. The minimum atomic E-state index is -4.45. The second kappa shape index (κ2) is 17.6. The summed E-state index contributed by atoms with van der Waals surface area (Å²) in [5, 5.41) is 2.11. The molecule has 0 bridgehead atoms. The molecule has 0 unspecified atom stereocenters. The summed E-state index contributed by atoms with van der Waals surface area (Å²) in [6, 6.07) is 9.84. The lowest BCUT2D eigenvalue weighted by molar-refractivity contribution is -0.134. The van der Waals surface area contributed by atoms with E-state index in [-0.39, 0.29) is 41.9 Å². The Labute approximate surface area is 270 Å². The number of halogens is 4. The molecule has 0 aliphatic rings. The molecule has 0 saturated heterocycles. The van der Waals surface area contributed by atoms with Gasteiger partial charge in [0, 0.05) is 13.0 Å². The monoisotopic (exact) mass is 688 g/mol. The van der Waals surface area contributed by atoms with Crippen LogP contribution in [0.15, 0.2) is 47.4 Å². The van der Waals surface area contributed by atoms with Gasteiger partial charge in [-0.05, 0) is 56.4 Å². The normalized spacial score (nSPS) is 11.2. The van der Waals surface area contributed by atoms with Crippen LogP contribution < -0.4 is 19.7 Å². The SMILES string of the molecule is CCOCN(C(=O)CCl)c1c(C)cccc1CC.COc1nc(C)nc(NC(=O)NS(=O)(=O)c2ccccc2CCC(F)(F)F)n1. The van der Waals surface area contributed by atoms with Crippen molar-refractivity contribution < 1.29 is 40.7 Å². The molecule has 0 aliphatic carbocycles. The number of rotatable bonds is 12. The number of aromatic nitrogens is 3. The van der Waals surface area contributed by atoms with Gasteiger partial charge in [0.1, 0.15) is 18.4 Å². The van der Waals surface area contributed by atoms with Gasteiger partial charge in [-0.15, -0.1) is 11.6 Å². The summed E-state index contributed by atoms with van der Waals surface area (Å²) in [5.74, 6) is -0.219. The molecular weight excluding hydrogens is 653 g/mol. The Morgan fingerprint density at radius 2 is 1.67 bits per heavy atom. The van der Waals surface area contributed by atoms with Crippen LogP contribution in [0.5, 0.6) is 6.01 Å². The first-order valence-corrected chi connectivity index (χ1v) is 15.9. The average Bonchev–Trinajstić information content (AvgIpc) is 3.00. The molecule has 1 heterocycles. The summed E-state index contributed by atoms with van der Waals surface area (Å²) in [6.45, 7) is 8.29. The van der Waals surface area contributed by atoms with E-state index >= 15 is 0 Å². The molecule has 0 spiro atoms. The van der Waals surface area contributed by atoms with Crippen LogP contribution in [0.3, 0.4) is 0 Å². The minimum Gasteiger partial charge on any atom is -0.467 e. The van der Waals surface area contributed by atoms with E-state index in [4.69, 9.17) is 21.1 Å². The zero-order chi connectivity index (χ0) is 34.5. The number of alkyl halides is 4. The zero-order valence-corrected chi connectivity index (χ0v) is 27.5. The number of anilines is 2. The Bertz CT molecular complexity index is 1590. The molecule has 17 heteroatoms. The first-order chi connectivity index (χ1) is 21.6. The van der Waals surface area contributed by atoms with Gasteiger partial charge in [0.05, 0.1) is 17.7 Å². The highest BCUT2D eigenvalue weighted by atomic mass is 35.5. The molecule has 2 N–H and O–H groups in total. The third-order valence-corrected chi connectivity index (χ3v) is 7.77. The van der Waals surface area contributed by atoms with Crippen molar-refractivity contribution in [3.63, 3.8) is 0 Å². The first kappa shape index (κ1) is 38.2. The largest absolute Gasteiger partial charge is 0.467 e. The number of aryl methyl sites for hydroxylation is 4. The summed E-state index contributed by atoms with van der Waals surface area (Å²) in [7, 11) is -3.14. The number of amides is 3. The summed E-state index contributed by atoms with van der Waals surface area (Å²) in [6.07, 6.45) is -5.33. The average molecular weight is 689 g/mol. The van der Waals surface area contributed by atoms with Crippen molar-refractivity contribution in [2.45, 2.75) is 58.0 Å². The van der Waals surface area contributed by atoms with E-state index in [0.29, 0.717) is 6.61 Å². The Hall–Kier alpha value is -4.02. The van der Waals surface area contributed by atoms with Crippen molar-refractivity contribution in [3.05, 3.63) is 65.0 Å². The Morgan fingerprint density at radius 1 is 1.00 bits per heavy atom. The van der Waals surface area contributed by atoms with Crippen molar-refractivity contribution >= 4 is 45.2 Å². The second-order valence-corrected chi connectivity index (χ2v) is 11.4. The van der Waals surface area contributed by atoms with Gasteiger partial charge in [0.25, 0.3) is 10.0 Å². The fraction of sp³-hybridized carbons (Fsp3) is 0.414. The lowest BCUT2D eigenvalue weighted by Gasteiger charge is -2.25. The first-order valence-electron chi connectivity index (χ1n) is 13.9. The molecule has 0 fully saturated rings. The Balaban J connectivity index is 0.000000353. The molecule has 252 valence electrons. The van der Waals surface area contributed by atoms with Crippen LogP contribution in [-0.4, -0.2) is 67.8 Å². The van der Waals surface area contributed by atoms with Crippen molar-refractivity contribution in [2.75, 3.05) is 36.5 Å². The number of nitrogens with zero attached hydrogens (tertiary/aromatic N) is 4. The molecule has 0 aliphatic heterocycles. The molecular formula is C29H36ClF3N6O6S. The fourth-order valence-electron chi connectivity index (χ4n) is 4.06. The quantitative estimate of drug-likeness (QED) is 0.190. The molecule has 3 aromatic rings. The molecule has 3 amide bonds. The zero-order valence-electron chi connectivity index (χ0n) is 25.9. The van der Waals surface area contributed by atoms with Gasteiger partial charge in [-0.25, -0.2) is 17.9 Å². The van der Waals surface area contributed by atoms with Gasteiger partial charge in [0.2, 0.25) is 11.9 Å². The van der Waals surface area contributed by atoms with E-state index in [9.17, 15) is 31.2 Å². The third-order valence-electron chi connectivity index (χ3n) is 6.11. The van der Waals surface area contributed by atoms with E-state index in [1.54, 1.807) is 9.62 Å². The number of urea groups is 1. The highest BCUT2D eigenvalue weighted by Crippen LogP contribution is 2.27. The molecule has 0 saturated carbocycles. The molecule has 3 rings (SSSR count).